The van der Waals surface area contributed by atoms with E-state index in [2.05, 4.69) is 15.4 Å². The van der Waals surface area contributed by atoms with Crippen LogP contribution in [0.5, 0.6) is 5.75 Å². The van der Waals surface area contributed by atoms with E-state index < -0.39 is 28.5 Å². The number of phenolic OH excluding ortho intramolecular Hbond substituents is 1. The number of anilines is 3. The summed E-state index contributed by atoms with van der Waals surface area (Å²) in [7, 11) is 2.61. The fourth-order valence-corrected chi connectivity index (χ4v) is 5.49. The summed E-state index contributed by atoms with van der Waals surface area (Å²) in [6.07, 6.45) is 1.98. The molecule has 4 rings (SSSR count). The molecule has 0 radical (unpaired) electrons. The van der Waals surface area contributed by atoms with Gasteiger partial charge < -0.3 is 29.8 Å². The lowest BCUT2D eigenvalue weighted by Gasteiger charge is -2.25. The van der Waals surface area contributed by atoms with Gasteiger partial charge in [0.05, 0.1) is 24.4 Å². The number of benzene rings is 1. The number of likely N-dealkylation sites (N-methyl/N-ethyl adjacent to an activating group) is 1. The number of rotatable bonds is 9. The molecule has 1 aliphatic heterocycles. The molecular weight excluding hydrogens is 486 g/mol. The van der Waals surface area contributed by atoms with E-state index in [1.807, 2.05) is 19.1 Å². The van der Waals surface area contributed by atoms with Crippen LogP contribution in [0.25, 0.3) is 0 Å². The number of thioether (sulfide) groups is 1. The number of carbonyl (C=O) groups excluding carboxylic acids is 2. The van der Waals surface area contributed by atoms with E-state index in [9.17, 15) is 24.3 Å². The summed E-state index contributed by atoms with van der Waals surface area (Å²) < 4.78 is 10.4. The van der Waals surface area contributed by atoms with E-state index in [-0.39, 0.29) is 40.5 Å². The second kappa shape index (κ2) is 10.5. The Balaban J connectivity index is 1.59. The van der Waals surface area contributed by atoms with Gasteiger partial charge in [-0.25, -0.2) is 0 Å². The van der Waals surface area contributed by atoms with Gasteiger partial charge in [0.25, 0.3) is 16.8 Å². The molecule has 3 aromatic rings. The van der Waals surface area contributed by atoms with Crippen LogP contribution in [0.15, 0.2) is 44.3 Å². The van der Waals surface area contributed by atoms with E-state index in [4.69, 9.17) is 4.42 Å². The Bertz CT molecular complexity index is 1350. The minimum absolute atomic E-state index is 0.000843. The summed E-state index contributed by atoms with van der Waals surface area (Å²) >= 11 is 1.78. The third-order valence-corrected chi connectivity index (χ3v) is 7.54. The van der Waals surface area contributed by atoms with Gasteiger partial charge in [-0.15, -0.1) is 0 Å². The molecule has 1 saturated heterocycles. The predicted molar refractivity (Wildman–Crippen MR) is 137 cm³/mol. The fraction of sp³-hybridized carbons (Fsp3) is 0.360. The van der Waals surface area contributed by atoms with Gasteiger partial charge in [-0.2, -0.15) is 11.8 Å². The Morgan fingerprint density at radius 2 is 1.97 bits per heavy atom. The van der Waals surface area contributed by atoms with Crippen molar-refractivity contribution in [2.75, 3.05) is 37.1 Å². The maximum absolute atomic E-state index is 12.7. The lowest BCUT2D eigenvalue weighted by Crippen LogP contribution is -2.38. The Kier molecular flexibility index (Phi) is 7.39. The average molecular weight is 514 g/mol. The molecule has 11 heteroatoms. The van der Waals surface area contributed by atoms with Gasteiger partial charge in [-0.05, 0) is 49.8 Å². The standard InChI is InChI=1S/C25H27N3O7S/c1-13-9-10-16(35-13)19(17-8-5-11-36-17)27-21-20(23(31)24(21)32)26-15-7-4-6-14(22(15)30)25(33)28(2)12-18(29)34-3/h4,6-7,9-10,17,19,26-27,30H,5,8,11-12H2,1-3H3. The highest BCUT2D eigenvalue weighted by atomic mass is 32.2. The van der Waals surface area contributed by atoms with Crippen molar-refractivity contribution in [2.45, 2.75) is 31.1 Å². The van der Waals surface area contributed by atoms with Crippen molar-refractivity contribution in [3.8, 4) is 5.75 Å². The number of hydrogen-bond donors (Lipinski definition) is 3. The first-order valence-electron chi connectivity index (χ1n) is 11.4. The molecule has 10 nitrogen and oxygen atoms in total. The number of nitrogens with zero attached hydrogens (tertiary/aromatic N) is 1. The van der Waals surface area contributed by atoms with Gasteiger partial charge in [-0.1, -0.05) is 6.07 Å². The highest BCUT2D eigenvalue weighted by molar-refractivity contribution is 8.00. The van der Waals surface area contributed by atoms with Crippen LogP contribution < -0.4 is 21.5 Å². The molecule has 0 saturated carbocycles. The number of aryl methyl sites for hydroxylation is 1. The van der Waals surface area contributed by atoms with Crippen molar-refractivity contribution in [3.05, 3.63) is 67.9 Å². The molecule has 36 heavy (non-hydrogen) atoms. The summed E-state index contributed by atoms with van der Waals surface area (Å²) in [5, 5.41) is 16.9. The molecule has 3 N–H and O–H groups in total. The lowest BCUT2D eigenvalue weighted by molar-refractivity contribution is -0.141. The number of phenols is 1. The molecule has 1 aromatic heterocycles. The van der Waals surface area contributed by atoms with Crippen LogP contribution in [-0.4, -0.2) is 53.6 Å². The van der Waals surface area contributed by atoms with Crippen molar-refractivity contribution < 1.29 is 23.8 Å². The Hall–Kier alpha value is -3.73. The zero-order valence-electron chi connectivity index (χ0n) is 20.1. The van der Waals surface area contributed by atoms with Crippen LogP contribution in [0, 0.1) is 6.92 Å². The smallest absolute Gasteiger partial charge is 0.325 e. The number of nitrogens with one attached hydrogen (secondary N) is 2. The first-order valence-corrected chi connectivity index (χ1v) is 12.4. The van der Waals surface area contributed by atoms with Crippen molar-refractivity contribution in [1.29, 1.82) is 0 Å². The molecule has 2 unspecified atom stereocenters. The SMILES string of the molecule is COC(=O)CN(C)C(=O)c1cccc(Nc2c(NC(c3ccc(C)o3)C3CCCS3)c(=O)c2=O)c1O. The lowest BCUT2D eigenvalue weighted by atomic mass is 10.0. The summed E-state index contributed by atoms with van der Waals surface area (Å²) in [5.74, 6) is 0.778. The number of esters is 1. The largest absolute Gasteiger partial charge is 0.505 e. The summed E-state index contributed by atoms with van der Waals surface area (Å²) in [4.78, 5) is 50.3. The van der Waals surface area contributed by atoms with E-state index in [1.54, 1.807) is 11.8 Å². The highest BCUT2D eigenvalue weighted by Gasteiger charge is 2.33. The molecule has 2 heterocycles. The summed E-state index contributed by atoms with van der Waals surface area (Å²) in [5.41, 5.74) is -1.30. The number of ether oxygens (including phenoxy) is 1. The number of para-hydroxylation sites is 1. The van der Waals surface area contributed by atoms with Crippen LogP contribution in [-0.2, 0) is 9.53 Å². The highest BCUT2D eigenvalue weighted by Crippen LogP contribution is 2.40. The zero-order chi connectivity index (χ0) is 26.0. The van der Waals surface area contributed by atoms with E-state index in [0.717, 1.165) is 29.3 Å². The third-order valence-electron chi connectivity index (χ3n) is 6.08. The zero-order valence-corrected chi connectivity index (χ0v) is 20.9. The molecule has 0 aliphatic carbocycles. The first-order chi connectivity index (χ1) is 17.2. The third kappa shape index (κ3) is 4.97. The number of carbonyl (C=O) groups is 2. The van der Waals surface area contributed by atoms with Crippen LogP contribution in [0.2, 0.25) is 0 Å². The topological polar surface area (TPSA) is 138 Å². The Labute approximate surface area is 211 Å². The summed E-state index contributed by atoms with van der Waals surface area (Å²) in [6.45, 7) is 1.54. The number of amides is 1. The average Bonchev–Trinajstić information content (AvgIpc) is 3.56. The van der Waals surface area contributed by atoms with Crippen molar-refractivity contribution in [1.82, 2.24) is 4.90 Å². The van der Waals surface area contributed by atoms with Crippen molar-refractivity contribution >= 4 is 40.7 Å². The van der Waals surface area contributed by atoms with Gasteiger partial charge in [0.2, 0.25) is 0 Å². The number of furan rings is 1. The van der Waals surface area contributed by atoms with Crippen LogP contribution in [0.1, 0.15) is 40.8 Å². The minimum atomic E-state index is -0.732. The molecular formula is C25H27N3O7S. The predicted octanol–water partition coefficient (Wildman–Crippen LogP) is 2.93. The fourth-order valence-electron chi connectivity index (χ4n) is 4.12. The molecule has 2 aromatic carbocycles. The van der Waals surface area contributed by atoms with Crippen LogP contribution >= 0.6 is 11.8 Å². The molecule has 2 atom stereocenters. The van der Waals surface area contributed by atoms with Gasteiger partial charge >= 0.3 is 5.97 Å². The maximum Gasteiger partial charge on any atom is 0.325 e. The molecule has 0 bridgehead atoms. The second-order valence-electron chi connectivity index (χ2n) is 8.59. The van der Waals surface area contributed by atoms with Gasteiger partial charge in [-0.3, -0.25) is 19.2 Å². The van der Waals surface area contributed by atoms with Gasteiger partial charge in [0.15, 0.2) is 5.75 Å². The summed E-state index contributed by atoms with van der Waals surface area (Å²) in [6, 6.07) is 7.78. The van der Waals surface area contributed by atoms with Crippen LogP contribution in [0.3, 0.4) is 0 Å². The quantitative estimate of drug-likeness (QED) is 0.222. The monoisotopic (exact) mass is 513 g/mol. The number of aromatic hydroxyl groups is 1. The second-order valence-corrected chi connectivity index (χ2v) is 9.94. The molecule has 1 aliphatic rings. The first kappa shape index (κ1) is 25.4. The van der Waals surface area contributed by atoms with Gasteiger partial charge in [0.1, 0.15) is 29.4 Å². The molecule has 1 fully saturated rings. The number of methoxy groups -OCH3 is 1. The number of hydrogen-bond acceptors (Lipinski definition) is 10. The normalized spacial score (nSPS) is 16.0. The minimum Gasteiger partial charge on any atom is -0.505 e. The Morgan fingerprint density at radius 1 is 1.22 bits per heavy atom. The van der Waals surface area contributed by atoms with Gasteiger partial charge in [0, 0.05) is 12.3 Å². The van der Waals surface area contributed by atoms with E-state index >= 15 is 0 Å². The van der Waals surface area contributed by atoms with E-state index in [0.29, 0.717) is 5.76 Å². The molecule has 190 valence electrons. The van der Waals surface area contributed by atoms with Crippen molar-refractivity contribution in [3.63, 3.8) is 0 Å². The van der Waals surface area contributed by atoms with E-state index in [1.165, 1.54) is 32.4 Å². The molecule has 1 amide bonds. The van der Waals surface area contributed by atoms with Crippen molar-refractivity contribution in [2.24, 2.45) is 0 Å². The van der Waals surface area contributed by atoms with Crippen LogP contribution in [0.4, 0.5) is 17.1 Å². The Morgan fingerprint density at radius 3 is 2.61 bits per heavy atom. The maximum atomic E-state index is 12.7. The molecule has 0 spiro atoms.